The Labute approximate surface area is 168 Å². The van der Waals surface area contributed by atoms with E-state index in [0.29, 0.717) is 24.1 Å². The number of amides is 2. The normalized spacial score (nSPS) is 18.9. The Bertz CT molecular complexity index is 956. The molecule has 1 N–H and O–H groups in total. The molecule has 0 aliphatic carbocycles. The van der Waals surface area contributed by atoms with Gasteiger partial charge in [0.15, 0.2) is 0 Å². The van der Waals surface area contributed by atoms with Crippen molar-refractivity contribution >= 4 is 12.0 Å². The molecule has 29 heavy (non-hydrogen) atoms. The van der Waals surface area contributed by atoms with Crippen molar-refractivity contribution in [1.82, 2.24) is 20.4 Å². The van der Waals surface area contributed by atoms with E-state index in [2.05, 4.69) is 15.5 Å². The fraction of sp³-hybridized carbons (Fsp3) is 0.450. The highest BCUT2D eigenvalue weighted by Gasteiger charge is 2.36. The van der Waals surface area contributed by atoms with Crippen LogP contribution in [0.1, 0.15) is 50.4 Å². The molecule has 3 rings (SSSR count). The van der Waals surface area contributed by atoms with Crippen molar-refractivity contribution in [3.05, 3.63) is 35.7 Å². The van der Waals surface area contributed by atoms with Gasteiger partial charge in [-0.25, -0.2) is 4.79 Å². The fourth-order valence-electron chi connectivity index (χ4n) is 3.11. The second-order valence-electron chi connectivity index (χ2n) is 7.99. The molecule has 1 aromatic heterocycles. The number of nitrogens with one attached hydrogen (secondary N) is 1. The molecule has 9 nitrogen and oxygen atoms in total. The van der Waals surface area contributed by atoms with E-state index in [1.165, 1.54) is 0 Å². The summed E-state index contributed by atoms with van der Waals surface area (Å²) < 4.78 is 10.9. The molecule has 1 saturated heterocycles. The third kappa shape index (κ3) is 4.90. The minimum absolute atomic E-state index is 0.0675. The molecule has 0 radical (unpaired) electrons. The average molecular weight is 397 g/mol. The fourth-order valence-corrected chi connectivity index (χ4v) is 3.11. The Balaban J connectivity index is 1.63. The molecule has 2 amide bonds. The first-order chi connectivity index (χ1) is 13.7. The maximum atomic E-state index is 12.5. The van der Waals surface area contributed by atoms with E-state index in [-0.39, 0.29) is 23.9 Å². The molecule has 1 aliphatic heterocycles. The van der Waals surface area contributed by atoms with Gasteiger partial charge in [-0.2, -0.15) is 5.26 Å². The molecule has 1 aromatic carbocycles. The second kappa shape index (κ2) is 7.91. The molecule has 152 valence electrons. The third-order valence-corrected chi connectivity index (χ3v) is 4.40. The van der Waals surface area contributed by atoms with Crippen LogP contribution in [0.5, 0.6) is 0 Å². The molecular formula is C20H23N5O4. The number of ether oxygens (including phenoxy) is 1. The SMILES string of the molecule is C[C@@H]1C[C@@H](NC(=O)c2nnc(-c3cccc(C#N)c3)o2)CN1C(=O)OC(C)(C)C. The first kappa shape index (κ1) is 20.3. The van der Waals surface area contributed by atoms with Crippen LogP contribution in [0.4, 0.5) is 4.79 Å². The van der Waals surface area contributed by atoms with Gasteiger partial charge < -0.3 is 19.4 Å². The highest BCUT2D eigenvalue weighted by Crippen LogP contribution is 2.22. The minimum atomic E-state index is -0.582. The van der Waals surface area contributed by atoms with E-state index in [0.717, 1.165) is 0 Å². The van der Waals surface area contributed by atoms with Crippen LogP contribution >= 0.6 is 0 Å². The molecule has 1 fully saturated rings. The van der Waals surface area contributed by atoms with Gasteiger partial charge in [-0.3, -0.25) is 4.79 Å². The largest absolute Gasteiger partial charge is 0.444 e. The molecule has 2 heterocycles. The van der Waals surface area contributed by atoms with Crippen molar-refractivity contribution in [2.75, 3.05) is 6.54 Å². The Hall–Kier alpha value is -3.41. The summed E-state index contributed by atoms with van der Waals surface area (Å²) in [5.74, 6) is -0.531. The van der Waals surface area contributed by atoms with Gasteiger partial charge in [0.1, 0.15) is 5.60 Å². The first-order valence-electron chi connectivity index (χ1n) is 9.31. The molecule has 9 heteroatoms. The summed E-state index contributed by atoms with van der Waals surface area (Å²) in [6, 6.07) is 8.39. The molecular weight excluding hydrogens is 374 g/mol. The van der Waals surface area contributed by atoms with Crippen LogP contribution in [-0.4, -0.2) is 51.3 Å². The number of rotatable bonds is 3. The highest BCUT2D eigenvalue weighted by molar-refractivity contribution is 5.90. The Morgan fingerprint density at radius 3 is 2.79 bits per heavy atom. The third-order valence-electron chi connectivity index (χ3n) is 4.40. The Morgan fingerprint density at radius 1 is 1.34 bits per heavy atom. The number of benzene rings is 1. The first-order valence-corrected chi connectivity index (χ1v) is 9.31. The summed E-state index contributed by atoms with van der Waals surface area (Å²) in [7, 11) is 0. The molecule has 1 aliphatic rings. The maximum Gasteiger partial charge on any atom is 0.410 e. The topological polar surface area (TPSA) is 121 Å². The van der Waals surface area contributed by atoms with E-state index in [1.54, 1.807) is 29.2 Å². The smallest absolute Gasteiger partial charge is 0.410 e. The molecule has 2 aromatic rings. The van der Waals surface area contributed by atoms with Gasteiger partial charge in [-0.1, -0.05) is 6.07 Å². The van der Waals surface area contributed by atoms with Gasteiger partial charge in [0.2, 0.25) is 5.89 Å². The Kier molecular flexibility index (Phi) is 5.55. The van der Waals surface area contributed by atoms with E-state index in [9.17, 15) is 9.59 Å². The number of hydrogen-bond donors (Lipinski definition) is 1. The zero-order valence-electron chi connectivity index (χ0n) is 16.8. The summed E-state index contributed by atoms with van der Waals surface area (Å²) in [6.45, 7) is 7.68. The lowest BCUT2D eigenvalue weighted by molar-refractivity contribution is 0.0235. The minimum Gasteiger partial charge on any atom is -0.444 e. The summed E-state index contributed by atoms with van der Waals surface area (Å²) in [5.41, 5.74) is 0.427. The van der Waals surface area contributed by atoms with Crippen LogP contribution < -0.4 is 5.32 Å². The molecule has 0 saturated carbocycles. The van der Waals surface area contributed by atoms with E-state index in [1.807, 2.05) is 33.8 Å². The van der Waals surface area contributed by atoms with E-state index in [4.69, 9.17) is 14.4 Å². The number of nitriles is 1. The number of carbonyl (C=O) groups excluding carboxylic acids is 2. The average Bonchev–Trinajstić information content (AvgIpc) is 3.27. The van der Waals surface area contributed by atoms with E-state index >= 15 is 0 Å². The Morgan fingerprint density at radius 2 is 2.10 bits per heavy atom. The number of aromatic nitrogens is 2. The van der Waals surface area contributed by atoms with Crippen molar-refractivity contribution in [3.8, 4) is 17.5 Å². The van der Waals surface area contributed by atoms with Crippen molar-refractivity contribution < 1.29 is 18.7 Å². The van der Waals surface area contributed by atoms with Gasteiger partial charge in [0.25, 0.3) is 0 Å². The molecule has 2 atom stereocenters. The van der Waals surface area contributed by atoms with Crippen molar-refractivity contribution in [1.29, 1.82) is 5.26 Å². The standard InChI is InChI=1S/C20H23N5O4/c1-12-8-15(11-25(12)19(27)29-20(2,3)4)22-16(26)18-24-23-17(28-18)14-7-5-6-13(9-14)10-21/h5-7,9,12,15H,8,11H2,1-4H3,(H,22,26)/t12-,15-/m1/s1. The predicted octanol–water partition coefficient (Wildman–Crippen LogP) is 2.74. The highest BCUT2D eigenvalue weighted by atomic mass is 16.6. The predicted molar refractivity (Wildman–Crippen MR) is 103 cm³/mol. The van der Waals surface area contributed by atoms with Crippen LogP contribution in [0, 0.1) is 11.3 Å². The quantitative estimate of drug-likeness (QED) is 0.845. The van der Waals surface area contributed by atoms with Gasteiger partial charge in [-0.05, 0) is 52.3 Å². The van der Waals surface area contributed by atoms with Crippen molar-refractivity contribution in [2.45, 2.75) is 51.8 Å². The second-order valence-corrected chi connectivity index (χ2v) is 7.99. The van der Waals surface area contributed by atoms with Gasteiger partial charge in [0.05, 0.1) is 11.6 Å². The van der Waals surface area contributed by atoms with Crippen LogP contribution in [-0.2, 0) is 4.74 Å². The van der Waals surface area contributed by atoms with Crippen molar-refractivity contribution in [2.24, 2.45) is 0 Å². The molecule has 0 unspecified atom stereocenters. The van der Waals surface area contributed by atoms with Gasteiger partial charge in [0, 0.05) is 24.2 Å². The van der Waals surface area contributed by atoms with E-state index < -0.39 is 17.6 Å². The summed E-state index contributed by atoms with van der Waals surface area (Å²) in [5, 5.41) is 19.5. The summed E-state index contributed by atoms with van der Waals surface area (Å²) >= 11 is 0. The number of likely N-dealkylation sites (tertiary alicyclic amines) is 1. The van der Waals surface area contributed by atoms with Crippen LogP contribution in [0.3, 0.4) is 0 Å². The molecule has 0 bridgehead atoms. The zero-order valence-corrected chi connectivity index (χ0v) is 16.8. The van der Waals surface area contributed by atoms with Crippen LogP contribution in [0.25, 0.3) is 11.5 Å². The lowest BCUT2D eigenvalue weighted by Crippen LogP contribution is -2.41. The lowest BCUT2D eigenvalue weighted by atomic mass is 10.1. The summed E-state index contributed by atoms with van der Waals surface area (Å²) in [6.07, 6.45) is 0.190. The van der Waals surface area contributed by atoms with Crippen LogP contribution in [0.2, 0.25) is 0 Å². The number of hydrogen-bond acceptors (Lipinski definition) is 7. The van der Waals surface area contributed by atoms with Gasteiger partial charge >= 0.3 is 17.9 Å². The number of nitrogens with zero attached hydrogens (tertiary/aromatic N) is 4. The molecule has 0 spiro atoms. The van der Waals surface area contributed by atoms with Crippen molar-refractivity contribution in [3.63, 3.8) is 0 Å². The maximum absolute atomic E-state index is 12.5. The van der Waals surface area contributed by atoms with Crippen LogP contribution in [0.15, 0.2) is 28.7 Å². The monoisotopic (exact) mass is 397 g/mol. The zero-order chi connectivity index (χ0) is 21.2. The summed E-state index contributed by atoms with van der Waals surface area (Å²) in [4.78, 5) is 26.4. The van der Waals surface area contributed by atoms with Gasteiger partial charge in [-0.15, -0.1) is 10.2 Å². The lowest BCUT2D eigenvalue weighted by Gasteiger charge is -2.26. The number of carbonyl (C=O) groups is 2.